The lowest BCUT2D eigenvalue weighted by atomic mass is 10.1. The second kappa shape index (κ2) is 5.00. The molecule has 0 aliphatic heterocycles. The molecule has 0 saturated heterocycles. The second-order valence-electron chi connectivity index (χ2n) is 4.85. The molecule has 16 heavy (non-hydrogen) atoms. The normalized spacial score (nSPS) is 11.3. The zero-order valence-electron chi connectivity index (χ0n) is 10.1. The fourth-order valence-corrected chi connectivity index (χ4v) is 1.61. The molecule has 1 aromatic rings. The molecule has 0 aliphatic carbocycles. The Morgan fingerprint density at radius 1 is 1.38 bits per heavy atom. The van der Waals surface area contributed by atoms with Crippen LogP contribution in [0.2, 0.25) is 0 Å². The molecule has 0 aliphatic rings. The second-order valence-corrected chi connectivity index (χ2v) is 5.70. The Kier molecular flexibility index (Phi) is 4.14. The Labute approximate surface area is 105 Å². The van der Waals surface area contributed by atoms with Crippen LogP contribution in [0.3, 0.4) is 0 Å². The molecule has 1 rings (SSSR count). The number of benzene rings is 1. The molecule has 0 radical (unpaired) electrons. The smallest absolute Gasteiger partial charge is 0.310 e. The Morgan fingerprint density at radius 2 is 2.00 bits per heavy atom. The van der Waals surface area contributed by atoms with Crippen LogP contribution in [0.5, 0.6) is 0 Å². The lowest BCUT2D eigenvalue weighted by Gasteiger charge is -2.19. The number of halogens is 1. The summed E-state index contributed by atoms with van der Waals surface area (Å²) >= 11 is 3.43. The van der Waals surface area contributed by atoms with Gasteiger partial charge in [-0.25, -0.2) is 0 Å². The van der Waals surface area contributed by atoms with Crippen molar-refractivity contribution in [2.24, 2.45) is 0 Å². The average molecular weight is 285 g/mol. The van der Waals surface area contributed by atoms with E-state index >= 15 is 0 Å². The van der Waals surface area contributed by atoms with Gasteiger partial charge in [-0.2, -0.15) is 0 Å². The van der Waals surface area contributed by atoms with Gasteiger partial charge in [0.2, 0.25) is 0 Å². The third kappa shape index (κ3) is 4.35. The van der Waals surface area contributed by atoms with Crippen molar-refractivity contribution in [2.75, 3.05) is 0 Å². The average Bonchev–Trinajstić information content (AvgIpc) is 2.08. The summed E-state index contributed by atoms with van der Waals surface area (Å²) in [6.07, 6.45) is 0.325. The molecular formula is C13H17BrO2. The number of aryl methyl sites for hydroxylation is 1. The molecule has 3 heteroatoms. The Hall–Kier alpha value is -0.830. The van der Waals surface area contributed by atoms with E-state index in [2.05, 4.69) is 15.9 Å². The first kappa shape index (κ1) is 13.2. The maximum Gasteiger partial charge on any atom is 0.310 e. The van der Waals surface area contributed by atoms with Crippen LogP contribution in [0.25, 0.3) is 0 Å². The molecule has 2 nitrogen and oxygen atoms in total. The minimum atomic E-state index is -0.415. The first-order valence-electron chi connectivity index (χ1n) is 5.25. The van der Waals surface area contributed by atoms with Gasteiger partial charge in [-0.3, -0.25) is 4.79 Å². The summed E-state index contributed by atoms with van der Waals surface area (Å²) in [6, 6.07) is 5.88. The van der Waals surface area contributed by atoms with Crippen molar-refractivity contribution in [3.05, 3.63) is 33.8 Å². The zero-order chi connectivity index (χ0) is 12.3. The van der Waals surface area contributed by atoms with Crippen LogP contribution in [0.15, 0.2) is 22.7 Å². The van der Waals surface area contributed by atoms with E-state index in [0.29, 0.717) is 6.42 Å². The third-order valence-electron chi connectivity index (χ3n) is 1.99. The van der Waals surface area contributed by atoms with Gasteiger partial charge in [0.05, 0.1) is 6.42 Å². The lowest BCUT2D eigenvalue weighted by Crippen LogP contribution is -2.24. The van der Waals surface area contributed by atoms with Gasteiger partial charge in [-0.15, -0.1) is 0 Å². The number of esters is 1. The standard InChI is InChI=1S/C13H17BrO2/c1-9-7-10(5-6-11(9)14)8-12(15)16-13(2,3)4/h5-7H,8H2,1-4H3. The molecular weight excluding hydrogens is 268 g/mol. The zero-order valence-corrected chi connectivity index (χ0v) is 11.7. The largest absolute Gasteiger partial charge is 0.460 e. The van der Waals surface area contributed by atoms with Crippen LogP contribution in [-0.4, -0.2) is 11.6 Å². The van der Waals surface area contributed by atoms with Gasteiger partial charge in [-0.05, 0) is 44.9 Å². The first-order chi connectivity index (χ1) is 7.28. The van der Waals surface area contributed by atoms with Gasteiger partial charge in [0, 0.05) is 4.47 Å². The molecule has 88 valence electrons. The highest BCUT2D eigenvalue weighted by Crippen LogP contribution is 2.18. The predicted octanol–water partition coefficient (Wildman–Crippen LogP) is 3.64. The Bertz CT molecular complexity index is 391. The molecule has 1 aromatic carbocycles. The molecule has 0 atom stereocenters. The van der Waals surface area contributed by atoms with Crippen LogP contribution in [-0.2, 0) is 16.0 Å². The van der Waals surface area contributed by atoms with Gasteiger partial charge >= 0.3 is 5.97 Å². The van der Waals surface area contributed by atoms with Crippen LogP contribution in [0.4, 0.5) is 0 Å². The summed E-state index contributed by atoms with van der Waals surface area (Å²) in [4.78, 5) is 11.6. The Balaban J connectivity index is 2.67. The van der Waals surface area contributed by atoms with Crippen molar-refractivity contribution < 1.29 is 9.53 Å². The van der Waals surface area contributed by atoms with Crippen molar-refractivity contribution >= 4 is 21.9 Å². The number of rotatable bonds is 2. The number of hydrogen-bond donors (Lipinski definition) is 0. The monoisotopic (exact) mass is 284 g/mol. The van der Waals surface area contributed by atoms with E-state index in [1.165, 1.54) is 0 Å². The van der Waals surface area contributed by atoms with Crippen molar-refractivity contribution in [3.8, 4) is 0 Å². The van der Waals surface area contributed by atoms with Gasteiger partial charge in [0.25, 0.3) is 0 Å². The topological polar surface area (TPSA) is 26.3 Å². The SMILES string of the molecule is Cc1cc(CC(=O)OC(C)(C)C)ccc1Br. The highest BCUT2D eigenvalue weighted by molar-refractivity contribution is 9.10. The maximum absolute atomic E-state index is 11.6. The lowest BCUT2D eigenvalue weighted by molar-refractivity contribution is -0.153. The first-order valence-corrected chi connectivity index (χ1v) is 6.04. The number of ether oxygens (including phenoxy) is 1. The minimum Gasteiger partial charge on any atom is -0.460 e. The van der Waals surface area contributed by atoms with Gasteiger partial charge in [0.1, 0.15) is 5.60 Å². The number of carbonyl (C=O) groups is 1. The maximum atomic E-state index is 11.6. The molecule has 0 fully saturated rings. The Morgan fingerprint density at radius 3 is 2.50 bits per heavy atom. The van der Waals surface area contributed by atoms with E-state index in [9.17, 15) is 4.79 Å². The van der Waals surface area contributed by atoms with Gasteiger partial charge in [-0.1, -0.05) is 28.1 Å². The van der Waals surface area contributed by atoms with Gasteiger partial charge in [0.15, 0.2) is 0 Å². The summed E-state index contributed by atoms with van der Waals surface area (Å²) < 4.78 is 6.32. The van der Waals surface area contributed by atoms with Crippen LogP contribution in [0, 0.1) is 6.92 Å². The van der Waals surface area contributed by atoms with E-state index in [0.717, 1.165) is 15.6 Å². The third-order valence-corrected chi connectivity index (χ3v) is 2.88. The van der Waals surface area contributed by atoms with E-state index in [4.69, 9.17) is 4.74 Å². The highest BCUT2D eigenvalue weighted by atomic mass is 79.9. The number of carbonyl (C=O) groups excluding carboxylic acids is 1. The predicted molar refractivity (Wildman–Crippen MR) is 68.4 cm³/mol. The van der Waals surface area contributed by atoms with E-state index in [1.807, 2.05) is 45.9 Å². The van der Waals surface area contributed by atoms with Crippen molar-refractivity contribution in [1.82, 2.24) is 0 Å². The fraction of sp³-hybridized carbons (Fsp3) is 0.462. The molecule has 0 bridgehead atoms. The summed E-state index contributed by atoms with van der Waals surface area (Å²) in [7, 11) is 0. The highest BCUT2D eigenvalue weighted by Gasteiger charge is 2.16. The molecule has 0 aromatic heterocycles. The quantitative estimate of drug-likeness (QED) is 0.775. The molecule has 0 saturated carbocycles. The van der Waals surface area contributed by atoms with Crippen LogP contribution < -0.4 is 0 Å². The van der Waals surface area contributed by atoms with E-state index < -0.39 is 5.60 Å². The van der Waals surface area contributed by atoms with Crippen molar-refractivity contribution in [3.63, 3.8) is 0 Å². The van der Waals surface area contributed by atoms with Gasteiger partial charge < -0.3 is 4.74 Å². The molecule has 0 N–H and O–H groups in total. The van der Waals surface area contributed by atoms with Crippen molar-refractivity contribution in [1.29, 1.82) is 0 Å². The fourth-order valence-electron chi connectivity index (χ4n) is 1.36. The minimum absolute atomic E-state index is 0.186. The van der Waals surface area contributed by atoms with Crippen LogP contribution in [0.1, 0.15) is 31.9 Å². The van der Waals surface area contributed by atoms with Crippen LogP contribution >= 0.6 is 15.9 Å². The summed E-state index contributed by atoms with van der Waals surface area (Å²) in [5.41, 5.74) is 1.69. The molecule has 0 spiro atoms. The molecule has 0 amide bonds. The summed E-state index contributed by atoms with van der Waals surface area (Å²) in [5.74, 6) is -0.186. The summed E-state index contributed by atoms with van der Waals surface area (Å²) in [6.45, 7) is 7.62. The molecule has 0 heterocycles. The molecule has 0 unspecified atom stereocenters. The van der Waals surface area contributed by atoms with Crippen molar-refractivity contribution in [2.45, 2.75) is 39.7 Å². The van der Waals surface area contributed by atoms with E-state index in [-0.39, 0.29) is 5.97 Å². The number of hydrogen-bond acceptors (Lipinski definition) is 2. The summed E-state index contributed by atoms with van der Waals surface area (Å²) in [5, 5.41) is 0. The van der Waals surface area contributed by atoms with E-state index in [1.54, 1.807) is 0 Å².